The van der Waals surface area contributed by atoms with Crippen molar-refractivity contribution in [2.75, 3.05) is 40.3 Å². The molecule has 122 valence electrons. The number of likely N-dealkylation sites (N-methyl/N-ethyl adjacent to an activating group) is 1. The van der Waals surface area contributed by atoms with Gasteiger partial charge in [-0.05, 0) is 27.0 Å². The van der Waals surface area contributed by atoms with Crippen LogP contribution in [0.4, 0.5) is 0 Å². The molecule has 1 aromatic heterocycles. The second-order valence-electron chi connectivity index (χ2n) is 6.08. The molecule has 7 nitrogen and oxygen atoms in total. The quantitative estimate of drug-likeness (QED) is 0.867. The fraction of sp³-hybridized carbons (Fsp3) is 0.667. The van der Waals surface area contributed by atoms with E-state index in [4.69, 9.17) is 0 Å². The molecule has 0 bridgehead atoms. The Hall–Kier alpha value is -1.89. The fourth-order valence-electron chi connectivity index (χ4n) is 2.79. The Kier molecular flexibility index (Phi) is 5.18. The van der Waals surface area contributed by atoms with Crippen molar-refractivity contribution in [1.29, 1.82) is 0 Å². The predicted molar refractivity (Wildman–Crippen MR) is 83.6 cm³/mol. The summed E-state index contributed by atoms with van der Waals surface area (Å²) >= 11 is 0. The molecule has 0 saturated carbocycles. The highest BCUT2D eigenvalue weighted by atomic mass is 16.2. The number of carbonyl (C=O) groups is 2. The molecular weight excluding hydrogens is 282 g/mol. The summed E-state index contributed by atoms with van der Waals surface area (Å²) in [4.78, 5) is 28.7. The van der Waals surface area contributed by atoms with Gasteiger partial charge in [0.1, 0.15) is 5.69 Å². The first-order valence-electron chi connectivity index (χ1n) is 7.67. The van der Waals surface area contributed by atoms with Gasteiger partial charge in [-0.1, -0.05) is 0 Å². The van der Waals surface area contributed by atoms with Crippen LogP contribution in [-0.4, -0.2) is 71.7 Å². The summed E-state index contributed by atoms with van der Waals surface area (Å²) in [5.41, 5.74) is 0.579. The van der Waals surface area contributed by atoms with Crippen LogP contribution in [-0.2, 0) is 4.79 Å². The van der Waals surface area contributed by atoms with Gasteiger partial charge in [0, 0.05) is 45.5 Å². The predicted octanol–water partition coefficient (Wildman–Crippen LogP) is 0.214. The number of carbonyl (C=O) groups excluding carboxylic acids is 2. The van der Waals surface area contributed by atoms with Crippen LogP contribution in [0.5, 0.6) is 0 Å². The van der Waals surface area contributed by atoms with Gasteiger partial charge in [0.15, 0.2) is 0 Å². The molecule has 0 unspecified atom stereocenters. The Morgan fingerprint density at radius 2 is 2.05 bits per heavy atom. The van der Waals surface area contributed by atoms with Crippen molar-refractivity contribution in [1.82, 2.24) is 24.9 Å². The van der Waals surface area contributed by atoms with Gasteiger partial charge in [-0.15, -0.1) is 0 Å². The number of hydrogen-bond acceptors (Lipinski definition) is 4. The van der Waals surface area contributed by atoms with E-state index in [-0.39, 0.29) is 23.8 Å². The van der Waals surface area contributed by atoms with Crippen molar-refractivity contribution in [2.24, 2.45) is 5.92 Å². The first-order valence-corrected chi connectivity index (χ1v) is 7.67. The summed E-state index contributed by atoms with van der Waals surface area (Å²) in [6.45, 7) is 6.46. The van der Waals surface area contributed by atoms with Crippen LogP contribution in [0.3, 0.4) is 0 Å². The Morgan fingerprint density at radius 1 is 1.32 bits per heavy atom. The zero-order valence-corrected chi connectivity index (χ0v) is 13.7. The van der Waals surface area contributed by atoms with Crippen LogP contribution < -0.4 is 5.32 Å². The smallest absolute Gasteiger partial charge is 0.272 e. The van der Waals surface area contributed by atoms with E-state index in [9.17, 15) is 9.59 Å². The molecule has 1 N–H and O–H groups in total. The average Bonchev–Trinajstić information content (AvgIpc) is 2.90. The summed E-state index contributed by atoms with van der Waals surface area (Å²) in [6, 6.07) is 1.87. The van der Waals surface area contributed by atoms with Gasteiger partial charge in [-0.3, -0.25) is 14.3 Å². The largest absolute Gasteiger partial charge is 0.359 e. The molecule has 7 heteroatoms. The van der Waals surface area contributed by atoms with Crippen molar-refractivity contribution >= 4 is 11.8 Å². The number of nitrogens with zero attached hydrogens (tertiary/aromatic N) is 4. The number of hydrogen-bond donors (Lipinski definition) is 1. The minimum absolute atomic E-state index is 0.0242. The molecule has 1 saturated heterocycles. The van der Waals surface area contributed by atoms with Crippen molar-refractivity contribution < 1.29 is 9.59 Å². The van der Waals surface area contributed by atoms with Crippen molar-refractivity contribution in [3.8, 4) is 0 Å². The lowest BCUT2D eigenvalue weighted by Gasteiger charge is -2.24. The van der Waals surface area contributed by atoms with E-state index in [0.29, 0.717) is 25.3 Å². The molecule has 2 heterocycles. The van der Waals surface area contributed by atoms with E-state index in [0.717, 1.165) is 6.54 Å². The standard InChI is InChI=1S/C15H25N5O2/c1-11(2)20-13(5-6-17-20)15(22)19-8-7-18(4)9-12(10-19)14(21)16-3/h5-6,11-12H,7-10H2,1-4H3,(H,16,21)/t12-/m1/s1. The molecule has 1 aromatic rings. The summed E-state index contributed by atoms with van der Waals surface area (Å²) in [5.74, 6) is -0.295. The third-order valence-electron chi connectivity index (χ3n) is 4.01. The van der Waals surface area contributed by atoms with Gasteiger partial charge in [0.25, 0.3) is 5.91 Å². The molecule has 1 atom stereocenters. The molecule has 1 fully saturated rings. The van der Waals surface area contributed by atoms with Gasteiger partial charge in [-0.2, -0.15) is 5.10 Å². The molecule has 0 aromatic carbocycles. The lowest BCUT2D eigenvalue weighted by molar-refractivity contribution is -0.125. The summed E-state index contributed by atoms with van der Waals surface area (Å²) in [6.07, 6.45) is 1.65. The van der Waals surface area contributed by atoms with Crippen LogP contribution >= 0.6 is 0 Å². The summed E-state index contributed by atoms with van der Waals surface area (Å²) in [7, 11) is 3.61. The van der Waals surface area contributed by atoms with Crippen molar-refractivity contribution in [2.45, 2.75) is 19.9 Å². The normalized spacial score (nSPS) is 20.0. The number of nitrogens with one attached hydrogen (secondary N) is 1. The minimum Gasteiger partial charge on any atom is -0.359 e. The second-order valence-corrected chi connectivity index (χ2v) is 6.08. The van der Waals surface area contributed by atoms with Gasteiger partial charge in [0.2, 0.25) is 5.91 Å². The SMILES string of the molecule is CNC(=O)[C@@H]1CN(C)CCN(C(=O)c2ccnn2C(C)C)C1. The molecule has 0 radical (unpaired) electrons. The topological polar surface area (TPSA) is 70.5 Å². The third kappa shape index (κ3) is 3.47. The summed E-state index contributed by atoms with van der Waals surface area (Å²) in [5, 5.41) is 6.91. The van der Waals surface area contributed by atoms with Gasteiger partial charge in [-0.25, -0.2) is 0 Å². The van der Waals surface area contributed by atoms with Crippen LogP contribution in [0, 0.1) is 5.92 Å². The van der Waals surface area contributed by atoms with Crippen LogP contribution in [0.1, 0.15) is 30.4 Å². The fourth-order valence-corrected chi connectivity index (χ4v) is 2.79. The Morgan fingerprint density at radius 3 is 2.68 bits per heavy atom. The lowest BCUT2D eigenvalue weighted by atomic mass is 10.1. The lowest BCUT2D eigenvalue weighted by Crippen LogP contribution is -2.42. The summed E-state index contributed by atoms with van der Waals surface area (Å²) < 4.78 is 1.73. The van der Waals surface area contributed by atoms with Gasteiger partial charge < -0.3 is 15.1 Å². The molecule has 2 rings (SSSR count). The highest BCUT2D eigenvalue weighted by molar-refractivity contribution is 5.93. The monoisotopic (exact) mass is 307 g/mol. The molecule has 1 aliphatic rings. The molecule has 1 aliphatic heterocycles. The molecule has 0 aliphatic carbocycles. The van der Waals surface area contributed by atoms with Crippen molar-refractivity contribution in [3.63, 3.8) is 0 Å². The number of rotatable bonds is 3. The number of amides is 2. The van der Waals surface area contributed by atoms with Crippen molar-refractivity contribution in [3.05, 3.63) is 18.0 Å². The maximum Gasteiger partial charge on any atom is 0.272 e. The highest BCUT2D eigenvalue weighted by Gasteiger charge is 2.30. The van der Waals surface area contributed by atoms with Gasteiger partial charge in [0.05, 0.1) is 5.92 Å². The Labute approximate surface area is 131 Å². The van der Waals surface area contributed by atoms with Crippen LogP contribution in [0.15, 0.2) is 12.3 Å². The zero-order valence-electron chi connectivity index (χ0n) is 13.7. The van der Waals surface area contributed by atoms with E-state index < -0.39 is 0 Å². The maximum atomic E-state index is 12.8. The van der Waals surface area contributed by atoms with E-state index in [1.54, 1.807) is 28.9 Å². The minimum atomic E-state index is -0.211. The van der Waals surface area contributed by atoms with Crippen LogP contribution in [0.2, 0.25) is 0 Å². The average molecular weight is 307 g/mol. The Balaban J connectivity index is 2.20. The first kappa shape index (κ1) is 16.5. The first-order chi connectivity index (χ1) is 10.4. The maximum absolute atomic E-state index is 12.8. The number of aromatic nitrogens is 2. The second kappa shape index (κ2) is 6.91. The molecular formula is C15H25N5O2. The van der Waals surface area contributed by atoms with E-state index in [2.05, 4.69) is 15.3 Å². The Bertz CT molecular complexity index is 540. The molecule has 0 spiro atoms. The van der Waals surface area contributed by atoms with E-state index in [1.165, 1.54) is 0 Å². The molecule has 22 heavy (non-hydrogen) atoms. The van der Waals surface area contributed by atoms with E-state index in [1.807, 2.05) is 20.9 Å². The van der Waals surface area contributed by atoms with E-state index >= 15 is 0 Å². The third-order valence-corrected chi connectivity index (χ3v) is 4.01. The van der Waals surface area contributed by atoms with Gasteiger partial charge >= 0.3 is 0 Å². The molecule has 2 amide bonds. The zero-order chi connectivity index (χ0) is 16.3. The van der Waals surface area contributed by atoms with Crippen LogP contribution in [0.25, 0.3) is 0 Å². The highest BCUT2D eigenvalue weighted by Crippen LogP contribution is 2.15.